The highest BCUT2D eigenvalue weighted by atomic mass is 16.4. The number of nitrogens with zero attached hydrogens (tertiary/aromatic N) is 4. The zero-order valence-electron chi connectivity index (χ0n) is 15.3. The van der Waals surface area contributed by atoms with E-state index in [2.05, 4.69) is 21.6 Å². The fourth-order valence-corrected chi connectivity index (χ4v) is 3.06. The molecule has 0 saturated carbocycles. The number of hydrogen-bond donors (Lipinski definition) is 1. The van der Waals surface area contributed by atoms with E-state index in [1.807, 2.05) is 19.1 Å². The minimum Gasteiger partial charge on any atom is -0.480 e. The van der Waals surface area contributed by atoms with Crippen LogP contribution in [0.25, 0.3) is 22.0 Å². The molecule has 2 aromatic heterocycles. The Balaban J connectivity index is 2.29. The molecule has 0 atom stereocenters. The molecule has 27 heavy (non-hydrogen) atoms. The second-order valence-corrected chi connectivity index (χ2v) is 6.33. The average Bonchev–Trinajstić information content (AvgIpc) is 2.98. The van der Waals surface area contributed by atoms with Crippen LogP contribution in [-0.2, 0) is 17.8 Å². The van der Waals surface area contributed by atoms with Gasteiger partial charge in [0.05, 0.1) is 5.52 Å². The van der Waals surface area contributed by atoms with Crippen LogP contribution in [-0.4, -0.2) is 36.6 Å². The molecular formula is C20H20N4O3. The molecule has 138 valence electrons. The molecule has 7 heteroatoms. The zero-order chi connectivity index (χ0) is 19.6. The Morgan fingerprint density at radius 3 is 2.52 bits per heavy atom. The lowest BCUT2D eigenvalue weighted by molar-refractivity contribution is -0.137. The second kappa shape index (κ2) is 7.49. The van der Waals surface area contributed by atoms with E-state index in [1.165, 1.54) is 11.6 Å². The molecule has 1 aromatic carbocycles. The van der Waals surface area contributed by atoms with Gasteiger partial charge < -0.3 is 5.11 Å². The number of carboxylic acids is 1. The van der Waals surface area contributed by atoms with Crippen molar-refractivity contribution in [3.05, 3.63) is 54.3 Å². The molecule has 0 aliphatic heterocycles. The van der Waals surface area contributed by atoms with E-state index < -0.39 is 5.97 Å². The van der Waals surface area contributed by atoms with Gasteiger partial charge in [0.15, 0.2) is 5.78 Å². The van der Waals surface area contributed by atoms with Crippen LogP contribution in [0.5, 0.6) is 0 Å². The minimum atomic E-state index is -1.01. The monoisotopic (exact) mass is 364 g/mol. The van der Waals surface area contributed by atoms with Gasteiger partial charge in [0, 0.05) is 30.3 Å². The van der Waals surface area contributed by atoms with Crippen LogP contribution in [0, 0.1) is 6.92 Å². The number of Topliss-reactive ketones (excluding diaryl/α,β-unsaturated/α-hetero) is 1. The number of fused-ring (bicyclic) bond motifs is 1. The molecular weight excluding hydrogens is 344 g/mol. The van der Waals surface area contributed by atoms with Crippen molar-refractivity contribution < 1.29 is 14.7 Å². The summed E-state index contributed by atoms with van der Waals surface area (Å²) in [5.41, 5.74) is 3.52. The molecule has 0 radical (unpaired) electrons. The van der Waals surface area contributed by atoms with Crippen molar-refractivity contribution in [3.63, 3.8) is 0 Å². The van der Waals surface area contributed by atoms with Crippen molar-refractivity contribution in [2.45, 2.75) is 33.2 Å². The van der Waals surface area contributed by atoms with Gasteiger partial charge in [-0.15, -0.1) is 6.58 Å². The van der Waals surface area contributed by atoms with Gasteiger partial charge >= 0.3 is 5.97 Å². The Labute approximate surface area is 156 Å². The van der Waals surface area contributed by atoms with E-state index in [0.29, 0.717) is 23.1 Å². The highest BCUT2D eigenvalue weighted by Gasteiger charge is 2.20. The van der Waals surface area contributed by atoms with Gasteiger partial charge in [-0.05, 0) is 43.0 Å². The summed E-state index contributed by atoms with van der Waals surface area (Å²) in [5.74, 6) is -0.554. The van der Waals surface area contributed by atoms with E-state index in [-0.39, 0.29) is 18.0 Å². The Morgan fingerprint density at radius 1 is 1.22 bits per heavy atom. The first-order valence-corrected chi connectivity index (χ1v) is 8.56. The molecule has 0 fully saturated rings. The molecule has 0 amide bonds. The van der Waals surface area contributed by atoms with Crippen molar-refractivity contribution in [1.29, 1.82) is 0 Å². The third kappa shape index (κ3) is 3.76. The number of aliphatic carboxylic acids is 1. The quantitative estimate of drug-likeness (QED) is 0.511. The van der Waals surface area contributed by atoms with Crippen molar-refractivity contribution in [1.82, 2.24) is 19.7 Å². The molecule has 0 spiro atoms. The molecule has 1 N–H and O–H groups in total. The summed E-state index contributed by atoms with van der Waals surface area (Å²) in [4.78, 5) is 31.8. The first-order valence-electron chi connectivity index (χ1n) is 8.56. The normalized spacial score (nSPS) is 10.9. The summed E-state index contributed by atoms with van der Waals surface area (Å²) in [6.07, 6.45) is 6.64. The number of aromatic nitrogens is 4. The van der Waals surface area contributed by atoms with Crippen molar-refractivity contribution >= 4 is 22.7 Å². The first-order chi connectivity index (χ1) is 12.9. The van der Waals surface area contributed by atoms with E-state index in [4.69, 9.17) is 0 Å². The van der Waals surface area contributed by atoms with Crippen LogP contribution in [0.1, 0.15) is 35.2 Å². The van der Waals surface area contributed by atoms with Gasteiger partial charge in [-0.1, -0.05) is 6.08 Å². The molecule has 2 heterocycles. The maximum absolute atomic E-state index is 12.1. The number of carboxylic acid groups (broad SMARTS) is 1. The fourth-order valence-electron chi connectivity index (χ4n) is 3.06. The lowest BCUT2D eigenvalue weighted by atomic mass is 9.98. The largest absolute Gasteiger partial charge is 0.480 e. The van der Waals surface area contributed by atoms with Crippen molar-refractivity contribution in [2.24, 2.45) is 0 Å². The number of allylic oxidation sites excluding steroid dienone is 1. The van der Waals surface area contributed by atoms with Crippen LogP contribution in [0.15, 0.2) is 37.2 Å². The van der Waals surface area contributed by atoms with Crippen LogP contribution < -0.4 is 0 Å². The van der Waals surface area contributed by atoms with Crippen molar-refractivity contribution in [3.8, 4) is 11.1 Å². The first kappa shape index (κ1) is 18.4. The number of rotatable bonds is 7. The van der Waals surface area contributed by atoms with E-state index >= 15 is 0 Å². The average molecular weight is 364 g/mol. The van der Waals surface area contributed by atoms with Gasteiger partial charge in [0.25, 0.3) is 0 Å². The van der Waals surface area contributed by atoms with Gasteiger partial charge in [0.2, 0.25) is 0 Å². The minimum absolute atomic E-state index is 0.212. The summed E-state index contributed by atoms with van der Waals surface area (Å²) in [6, 6.07) is 3.83. The van der Waals surface area contributed by atoms with Gasteiger partial charge in [-0.25, -0.2) is 9.97 Å². The predicted molar refractivity (Wildman–Crippen MR) is 102 cm³/mol. The number of hydrogen-bond acceptors (Lipinski definition) is 5. The summed E-state index contributed by atoms with van der Waals surface area (Å²) < 4.78 is 1.39. The third-order valence-electron chi connectivity index (χ3n) is 4.27. The Bertz CT molecular complexity index is 1040. The number of benzene rings is 1. The summed E-state index contributed by atoms with van der Waals surface area (Å²) in [5, 5.41) is 14.1. The molecule has 0 unspecified atom stereocenters. The highest BCUT2D eigenvalue weighted by molar-refractivity contribution is 6.06. The van der Waals surface area contributed by atoms with E-state index in [0.717, 1.165) is 23.1 Å². The van der Waals surface area contributed by atoms with Crippen LogP contribution in [0.3, 0.4) is 0 Å². The SMILES string of the molecule is C=CCCc1cc(-c2cnc(C)nc2)cc2c(C(C)=O)nn(CC(=O)O)c12. The molecule has 7 nitrogen and oxygen atoms in total. The van der Waals surface area contributed by atoms with Crippen molar-refractivity contribution in [2.75, 3.05) is 0 Å². The van der Waals surface area contributed by atoms with Crippen LogP contribution in [0.4, 0.5) is 0 Å². The maximum Gasteiger partial charge on any atom is 0.325 e. The Hall–Kier alpha value is -3.35. The van der Waals surface area contributed by atoms with Gasteiger partial charge in [0.1, 0.15) is 18.1 Å². The molecule has 0 aliphatic carbocycles. The molecule has 0 bridgehead atoms. The number of carbonyl (C=O) groups is 2. The maximum atomic E-state index is 12.1. The number of ketones is 1. The predicted octanol–water partition coefficient (Wildman–Crippen LogP) is 3.21. The molecule has 3 rings (SSSR count). The number of carbonyl (C=O) groups excluding carboxylic acids is 1. The summed E-state index contributed by atoms with van der Waals surface area (Å²) in [6.45, 7) is 6.69. The third-order valence-corrected chi connectivity index (χ3v) is 4.27. The zero-order valence-corrected chi connectivity index (χ0v) is 15.3. The van der Waals surface area contributed by atoms with Gasteiger partial charge in [-0.3, -0.25) is 14.3 Å². The highest BCUT2D eigenvalue weighted by Crippen LogP contribution is 2.31. The summed E-state index contributed by atoms with van der Waals surface area (Å²) >= 11 is 0. The van der Waals surface area contributed by atoms with Crippen LogP contribution >= 0.6 is 0 Å². The van der Waals surface area contributed by atoms with E-state index in [9.17, 15) is 14.7 Å². The standard InChI is InChI=1S/C20H20N4O3/c1-4-5-6-14-7-15(16-9-21-13(3)22-10-16)8-17-19(12(2)25)23-24(20(14)17)11-18(26)27/h4,7-10H,1,5-6,11H2,2-3H3,(H,26,27). The molecule has 0 saturated heterocycles. The second-order valence-electron chi connectivity index (χ2n) is 6.33. The molecule has 3 aromatic rings. The van der Waals surface area contributed by atoms with E-state index in [1.54, 1.807) is 18.5 Å². The Kier molecular flexibility index (Phi) is 5.12. The van der Waals surface area contributed by atoms with Crippen LogP contribution in [0.2, 0.25) is 0 Å². The smallest absolute Gasteiger partial charge is 0.325 e. The lowest BCUT2D eigenvalue weighted by Gasteiger charge is -2.10. The Morgan fingerprint density at radius 2 is 1.93 bits per heavy atom. The molecule has 0 aliphatic rings. The summed E-state index contributed by atoms with van der Waals surface area (Å²) in [7, 11) is 0. The topological polar surface area (TPSA) is 98.0 Å². The lowest BCUT2D eigenvalue weighted by Crippen LogP contribution is -2.11. The number of aryl methyl sites for hydroxylation is 2. The van der Waals surface area contributed by atoms with Gasteiger partial charge in [-0.2, -0.15) is 5.10 Å². The fraction of sp³-hybridized carbons (Fsp3) is 0.250.